The maximum Gasteiger partial charge on any atom is 0.258 e. The van der Waals surface area contributed by atoms with E-state index in [-0.39, 0.29) is 41.5 Å². The Balaban J connectivity index is 1.60. The first-order chi connectivity index (χ1) is 21.7. The molecule has 2 heterocycles. The molecule has 6 unspecified atom stereocenters. The number of amides is 4. The third-order valence-corrected chi connectivity index (χ3v) is 10.8. The van der Waals surface area contributed by atoms with Crippen molar-refractivity contribution in [2.75, 3.05) is 18.1 Å². The molecule has 1 N–H and O–H groups in total. The second-order valence-corrected chi connectivity index (χ2v) is 12.9. The number of hydrogen-bond donors (Lipinski definition) is 1. The van der Waals surface area contributed by atoms with Crippen molar-refractivity contribution in [3.05, 3.63) is 64.5 Å². The second-order valence-electron chi connectivity index (χ2n) is 11.7. The molecule has 3 fully saturated rings. The second kappa shape index (κ2) is 10.9. The van der Waals surface area contributed by atoms with Gasteiger partial charge in [0.2, 0.25) is 17.6 Å². The van der Waals surface area contributed by atoms with Gasteiger partial charge in [-0.15, -0.1) is 23.2 Å². The van der Waals surface area contributed by atoms with Gasteiger partial charge in [-0.2, -0.15) is 0 Å². The Bertz CT molecular complexity index is 1740. The molecule has 8 nitrogen and oxygen atoms in total. The summed E-state index contributed by atoms with van der Waals surface area (Å²) in [6.45, 7) is 3.63. The molecular formula is C31H25Cl2F5N2O6. The van der Waals surface area contributed by atoms with E-state index in [9.17, 15) is 37.5 Å². The third-order valence-electron chi connectivity index (χ3n) is 9.38. The molecule has 2 saturated heterocycles. The summed E-state index contributed by atoms with van der Waals surface area (Å²) >= 11 is 14.2. The van der Waals surface area contributed by atoms with Crippen LogP contribution in [0.4, 0.5) is 27.6 Å². The Morgan fingerprint density at radius 2 is 1.54 bits per heavy atom. The molecule has 1 saturated carbocycles. The number of aromatic hydroxyl groups is 1. The zero-order valence-electron chi connectivity index (χ0n) is 24.2. The minimum absolute atomic E-state index is 0.0416. The largest absolute Gasteiger partial charge is 0.504 e. The van der Waals surface area contributed by atoms with Crippen molar-refractivity contribution in [3.63, 3.8) is 0 Å². The van der Waals surface area contributed by atoms with Gasteiger partial charge >= 0.3 is 0 Å². The number of alkyl halides is 2. The summed E-state index contributed by atoms with van der Waals surface area (Å²) in [6.07, 6.45) is 1.52. The van der Waals surface area contributed by atoms with Crippen LogP contribution in [0.25, 0.3) is 0 Å². The number of carbonyl (C=O) groups is 4. The van der Waals surface area contributed by atoms with E-state index in [1.807, 2.05) is 0 Å². The molecule has 0 spiro atoms. The summed E-state index contributed by atoms with van der Waals surface area (Å²) in [5.74, 6) is -21.1. The molecular weight excluding hydrogens is 662 g/mol. The van der Waals surface area contributed by atoms with E-state index in [2.05, 4.69) is 0 Å². The number of benzene rings is 2. The molecule has 2 aromatic carbocycles. The van der Waals surface area contributed by atoms with Crippen molar-refractivity contribution in [3.8, 4) is 11.5 Å². The quantitative estimate of drug-likeness (QED) is 0.108. The molecule has 15 heteroatoms. The summed E-state index contributed by atoms with van der Waals surface area (Å²) in [5.41, 5.74) is -1.42. The van der Waals surface area contributed by atoms with Crippen LogP contribution in [-0.2, 0) is 19.2 Å². The topological polar surface area (TPSA) is 104 Å². The zero-order valence-corrected chi connectivity index (χ0v) is 25.7. The van der Waals surface area contributed by atoms with Crippen molar-refractivity contribution in [1.29, 1.82) is 0 Å². The Morgan fingerprint density at radius 1 is 0.913 bits per heavy atom. The van der Waals surface area contributed by atoms with Crippen LogP contribution in [0.15, 0.2) is 29.8 Å². The van der Waals surface area contributed by atoms with Crippen LogP contribution in [0.3, 0.4) is 0 Å². The van der Waals surface area contributed by atoms with Crippen LogP contribution in [0.2, 0.25) is 0 Å². The van der Waals surface area contributed by atoms with E-state index in [0.29, 0.717) is 12.0 Å². The summed E-state index contributed by atoms with van der Waals surface area (Å²) in [5, 5.41) is 10.4. The van der Waals surface area contributed by atoms with Gasteiger partial charge in [0, 0.05) is 12.5 Å². The highest BCUT2D eigenvalue weighted by Gasteiger charge is 2.77. The Kier molecular flexibility index (Phi) is 7.66. The monoisotopic (exact) mass is 686 g/mol. The van der Waals surface area contributed by atoms with Crippen molar-refractivity contribution in [1.82, 2.24) is 4.90 Å². The van der Waals surface area contributed by atoms with Gasteiger partial charge in [-0.25, -0.2) is 26.9 Å². The van der Waals surface area contributed by atoms with Crippen LogP contribution in [-0.4, -0.2) is 56.5 Å². The standard InChI is InChI=1S/C31H25Cl2F5N2O6/c1-3-9-39-26(42)14-7-6-13-15(18(14)27(39)43)11-30(32)28(44)40(25-23(37)21(35)20(34)22(36)24(25)38)29(45)31(30,33)19(13)12-5-8-16(41)17(10-12)46-4-2/h5-6,8,10,14-15,18-19,41H,3-4,7,9,11H2,1-2H3. The van der Waals surface area contributed by atoms with Gasteiger partial charge in [0.05, 0.1) is 18.4 Å². The van der Waals surface area contributed by atoms with Gasteiger partial charge in [-0.05, 0) is 49.8 Å². The third kappa shape index (κ3) is 4.03. The Hall–Kier alpha value is -3.71. The number of ether oxygens (including phenoxy) is 1. The average Bonchev–Trinajstić information content (AvgIpc) is 3.35. The summed E-state index contributed by atoms with van der Waals surface area (Å²) in [7, 11) is 0. The fourth-order valence-corrected chi connectivity index (χ4v) is 8.37. The van der Waals surface area contributed by atoms with Crippen molar-refractivity contribution in [2.24, 2.45) is 17.8 Å². The average molecular weight is 687 g/mol. The lowest BCUT2D eigenvalue weighted by molar-refractivity contribution is -0.140. The van der Waals surface area contributed by atoms with Crippen LogP contribution in [0, 0.1) is 46.8 Å². The molecule has 0 aromatic heterocycles. The fourth-order valence-electron chi connectivity index (χ4n) is 7.43. The summed E-state index contributed by atoms with van der Waals surface area (Å²) < 4.78 is 78.4. The number of anilines is 1. The molecule has 4 aliphatic rings. The number of halogens is 7. The number of hydrogen-bond acceptors (Lipinski definition) is 6. The van der Waals surface area contributed by atoms with Crippen molar-refractivity contribution in [2.45, 2.75) is 48.8 Å². The Labute approximate surface area is 268 Å². The first kappa shape index (κ1) is 32.2. The van der Waals surface area contributed by atoms with Crippen LogP contribution in [0.5, 0.6) is 11.5 Å². The van der Waals surface area contributed by atoms with Crippen molar-refractivity contribution >= 4 is 52.5 Å². The SMILES string of the molecule is CCCN1C(=O)C2CC=C3C(CC4(Cl)C(=O)N(c5c(F)c(F)c(F)c(F)c5F)C(=O)C4(Cl)C3c3ccc(O)c(OCC)c3)C2C1=O. The van der Waals surface area contributed by atoms with Gasteiger partial charge in [0.15, 0.2) is 44.5 Å². The fraction of sp³-hybridized carbons (Fsp3) is 0.419. The number of fused-ring (bicyclic) bond motifs is 4. The van der Waals surface area contributed by atoms with E-state index in [4.69, 9.17) is 27.9 Å². The predicted octanol–water partition coefficient (Wildman–Crippen LogP) is 5.46. The lowest BCUT2D eigenvalue weighted by Crippen LogP contribution is -2.60. The highest BCUT2D eigenvalue weighted by atomic mass is 35.5. The van der Waals surface area contributed by atoms with Crippen LogP contribution < -0.4 is 9.64 Å². The Morgan fingerprint density at radius 3 is 2.15 bits per heavy atom. The lowest BCUT2D eigenvalue weighted by atomic mass is 9.56. The van der Waals surface area contributed by atoms with Crippen LogP contribution >= 0.6 is 23.2 Å². The maximum atomic E-state index is 15.1. The zero-order chi connectivity index (χ0) is 33.6. The maximum absolute atomic E-state index is 15.1. The first-order valence-corrected chi connectivity index (χ1v) is 15.2. The number of carbonyl (C=O) groups excluding carboxylic acids is 4. The number of nitrogens with zero attached hydrogens (tertiary/aromatic N) is 2. The number of likely N-dealkylation sites (tertiary alicyclic amines) is 1. The highest BCUT2D eigenvalue weighted by Crippen LogP contribution is 2.66. The molecule has 2 aromatic rings. The first-order valence-electron chi connectivity index (χ1n) is 14.5. The molecule has 0 radical (unpaired) electrons. The molecule has 4 amide bonds. The van der Waals surface area contributed by atoms with Gasteiger partial charge in [0.1, 0.15) is 5.69 Å². The summed E-state index contributed by atoms with van der Waals surface area (Å²) in [4.78, 5) is 51.0. The minimum atomic E-state index is -2.66. The highest BCUT2D eigenvalue weighted by molar-refractivity contribution is 6.58. The molecule has 6 atom stereocenters. The normalized spacial score (nSPS) is 30.4. The van der Waals surface area contributed by atoms with E-state index in [0.717, 1.165) is 4.90 Å². The van der Waals surface area contributed by atoms with E-state index < -0.39 is 98.2 Å². The molecule has 46 heavy (non-hydrogen) atoms. The smallest absolute Gasteiger partial charge is 0.258 e. The minimum Gasteiger partial charge on any atom is -0.504 e. The molecule has 2 aliphatic carbocycles. The molecule has 6 rings (SSSR count). The predicted molar refractivity (Wildman–Crippen MR) is 153 cm³/mol. The number of allylic oxidation sites excluding steroid dienone is 2. The van der Waals surface area contributed by atoms with Gasteiger partial charge in [0.25, 0.3) is 11.8 Å². The van der Waals surface area contributed by atoms with E-state index in [1.165, 1.54) is 18.2 Å². The van der Waals surface area contributed by atoms with E-state index in [1.54, 1.807) is 19.9 Å². The number of phenolic OH excluding ortho intramolecular Hbond substituents is 1. The number of phenols is 1. The number of imide groups is 2. The van der Waals surface area contributed by atoms with Gasteiger partial charge in [-0.1, -0.05) is 24.6 Å². The molecule has 244 valence electrons. The van der Waals surface area contributed by atoms with E-state index >= 15 is 8.78 Å². The van der Waals surface area contributed by atoms with Gasteiger partial charge in [-0.3, -0.25) is 24.1 Å². The molecule has 2 aliphatic heterocycles. The molecule has 0 bridgehead atoms. The summed E-state index contributed by atoms with van der Waals surface area (Å²) in [6, 6.07) is 3.86. The van der Waals surface area contributed by atoms with Crippen LogP contribution in [0.1, 0.15) is 44.6 Å². The number of rotatable bonds is 6. The van der Waals surface area contributed by atoms with Gasteiger partial charge < -0.3 is 9.84 Å². The van der Waals surface area contributed by atoms with Crippen molar-refractivity contribution < 1.29 is 51.0 Å². The lowest BCUT2D eigenvalue weighted by Gasteiger charge is -2.50.